The van der Waals surface area contributed by atoms with E-state index in [1.807, 2.05) is 26.0 Å². The number of rotatable bonds is 8. The largest absolute Gasteiger partial charge is 0.493 e. The minimum Gasteiger partial charge on any atom is -0.493 e. The van der Waals surface area contributed by atoms with Gasteiger partial charge < -0.3 is 19.1 Å². The molecule has 1 aliphatic rings. The second kappa shape index (κ2) is 12.2. The Kier molecular flexibility index (Phi) is 8.99. The van der Waals surface area contributed by atoms with Gasteiger partial charge in [-0.1, -0.05) is 45.7 Å². The van der Waals surface area contributed by atoms with E-state index < -0.39 is 0 Å². The molecule has 1 fully saturated rings. The topological polar surface area (TPSA) is 95.2 Å². The number of fused-ring (bicyclic) bond motifs is 1. The highest BCUT2D eigenvalue weighted by atomic mass is 79.9. The molecular weight excluding hydrogens is 608 g/mol. The van der Waals surface area contributed by atoms with Crippen LogP contribution in [0.25, 0.3) is 10.9 Å². The van der Waals surface area contributed by atoms with Crippen molar-refractivity contribution in [2.75, 3.05) is 40.0 Å². The van der Waals surface area contributed by atoms with Gasteiger partial charge in [-0.25, -0.2) is 4.98 Å². The minimum atomic E-state index is -0.273. The van der Waals surface area contributed by atoms with Gasteiger partial charge in [-0.05, 0) is 36.8 Å². The van der Waals surface area contributed by atoms with E-state index >= 15 is 0 Å². The van der Waals surface area contributed by atoms with Crippen molar-refractivity contribution in [2.24, 2.45) is 5.10 Å². The summed E-state index contributed by atoms with van der Waals surface area (Å²) in [6, 6.07) is 8.96. The molecular formula is C26H28Br2N4O5. The number of aromatic nitrogens is 2. The van der Waals surface area contributed by atoms with Crippen LogP contribution in [-0.4, -0.2) is 66.7 Å². The first kappa shape index (κ1) is 27.3. The summed E-state index contributed by atoms with van der Waals surface area (Å²) in [5.41, 5.74) is 0.881. The zero-order valence-electron chi connectivity index (χ0n) is 20.9. The first-order chi connectivity index (χ1) is 17.8. The monoisotopic (exact) mass is 634 g/mol. The van der Waals surface area contributed by atoms with Crippen LogP contribution >= 0.6 is 31.9 Å². The molecule has 196 valence electrons. The molecule has 0 radical (unpaired) electrons. The van der Waals surface area contributed by atoms with Gasteiger partial charge in [0.25, 0.3) is 11.5 Å². The number of ether oxygens (including phenoxy) is 3. The fourth-order valence-electron chi connectivity index (χ4n) is 3.93. The Morgan fingerprint density at radius 1 is 1.22 bits per heavy atom. The highest BCUT2D eigenvalue weighted by Crippen LogP contribution is 2.34. The predicted octanol–water partition coefficient (Wildman–Crippen LogP) is 4.56. The Morgan fingerprint density at radius 3 is 2.68 bits per heavy atom. The van der Waals surface area contributed by atoms with Crippen molar-refractivity contribution in [3.8, 4) is 11.5 Å². The molecule has 1 aliphatic heterocycles. The summed E-state index contributed by atoms with van der Waals surface area (Å²) >= 11 is 6.92. The van der Waals surface area contributed by atoms with Gasteiger partial charge >= 0.3 is 0 Å². The molecule has 11 heteroatoms. The first-order valence-electron chi connectivity index (χ1n) is 11.9. The molecule has 3 aromatic rings. The maximum Gasteiger partial charge on any atom is 0.282 e. The van der Waals surface area contributed by atoms with Gasteiger partial charge in [0.2, 0.25) is 0 Å². The van der Waals surface area contributed by atoms with Crippen LogP contribution < -0.4 is 15.0 Å². The number of morpholine rings is 1. The van der Waals surface area contributed by atoms with E-state index in [1.165, 1.54) is 18.0 Å². The van der Waals surface area contributed by atoms with Crippen LogP contribution in [0.15, 0.2) is 49.2 Å². The van der Waals surface area contributed by atoms with Crippen molar-refractivity contribution in [3.63, 3.8) is 0 Å². The van der Waals surface area contributed by atoms with E-state index in [-0.39, 0.29) is 24.0 Å². The number of carbonyl (C=O) groups excluding carboxylic acids is 1. The van der Waals surface area contributed by atoms with Gasteiger partial charge in [-0.2, -0.15) is 9.78 Å². The van der Waals surface area contributed by atoms with Crippen molar-refractivity contribution in [2.45, 2.75) is 26.2 Å². The van der Waals surface area contributed by atoms with Crippen molar-refractivity contribution < 1.29 is 19.0 Å². The molecule has 2 heterocycles. The summed E-state index contributed by atoms with van der Waals surface area (Å²) in [5.74, 6) is 1.20. The van der Waals surface area contributed by atoms with Gasteiger partial charge in [0, 0.05) is 33.5 Å². The standard InChI is InChI=1S/C26H28Br2N4O5/c1-4-16(2)25-30-21-6-5-18(27)12-20(21)26(34)32(25)29-14-17-11-19(28)13-22(35-3)24(17)37-15-23(33)31-7-9-36-10-8-31/h5-6,11-14,16H,4,7-10,15H2,1-3H3/t16-/m1/s1. The summed E-state index contributed by atoms with van der Waals surface area (Å²) in [6.07, 6.45) is 2.31. The molecule has 1 aromatic heterocycles. The summed E-state index contributed by atoms with van der Waals surface area (Å²) in [6.45, 7) is 5.95. The number of hydrogen-bond donors (Lipinski definition) is 0. The normalized spacial score (nSPS) is 14.8. The van der Waals surface area contributed by atoms with E-state index in [9.17, 15) is 9.59 Å². The maximum atomic E-state index is 13.5. The summed E-state index contributed by atoms with van der Waals surface area (Å²) in [5, 5.41) is 5.01. The molecule has 4 rings (SSSR count). The molecule has 0 aliphatic carbocycles. The zero-order valence-corrected chi connectivity index (χ0v) is 24.0. The lowest BCUT2D eigenvalue weighted by molar-refractivity contribution is -0.137. The summed E-state index contributed by atoms with van der Waals surface area (Å²) in [7, 11) is 1.52. The maximum absolute atomic E-state index is 13.5. The van der Waals surface area contributed by atoms with Crippen LogP contribution in [0, 0.1) is 0 Å². The molecule has 1 amide bonds. The molecule has 37 heavy (non-hydrogen) atoms. The molecule has 1 atom stereocenters. The van der Waals surface area contributed by atoms with Gasteiger partial charge in [0.05, 0.1) is 37.4 Å². The van der Waals surface area contributed by atoms with Crippen LogP contribution in [0.4, 0.5) is 0 Å². The highest BCUT2D eigenvalue weighted by molar-refractivity contribution is 9.10. The highest BCUT2D eigenvalue weighted by Gasteiger charge is 2.20. The van der Waals surface area contributed by atoms with Crippen LogP contribution in [0.5, 0.6) is 11.5 Å². The molecule has 0 unspecified atom stereocenters. The molecule has 0 spiro atoms. The lowest BCUT2D eigenvalue weighted by atomic mass is 10.1. The Balaban J connectivity index is 1.74. The Morgan fingerprint density at radius 2 is 1.97 bits per heavy atom. The molecule has 1 saturated heterocycles. The number of benzene rings is 2. The average Bonchev–Trinajstić information content (AvgIpc) is 2.91. The number of amides is 1. The quantitative estimate of drug-likeness (QED) is 0.337. The molecule has 0 saturated carbocycles. The molecule has 2 aromatic carbocycles. The Hall–Kier alpha value is -2.76. The zero-order chi connectivity index (χ0) is 26.5. The number of halogens is 2. The van der Waals surface area contributed by atoms with Gasteiger partial charge in [-0.15, -0.1) is 0 Å². The van der Waals surface area contributed by atoms with Crippen molar-refractivity contribution in [1.82, 2.24) is 14.6 Å². The fourth-order valence-corrected chi connectivity index (χ4v) is 4.74. The third-order valence-electron chi connectivity index (χ3n) is 6.17. The fraction of sp³-hybridized carbons (Fsp3) is 0.385. The molecule has 0 bridgehead atoms. The molecule has 9 nitrogen and oxygen atoms in total. The van der Waals surface area contributed by atoms with Crippen LogP contribution in [0.2, 0.25) is 0 Å². The number of nitrogens with zero attached hydrogens (tertiary/aromatic N) is 4. The summed E-state index contributed by atoms with van der Waals surface area (Å²) in [4.78, 5) is 32.6. The van der Waals surface area contributed by atoms with Gasteiger partial charge in [-0.3, -0.25) is 9.59 Å². The number of carbonyl (C=O) groups is 1. The second-order valence-corrected chi connectivity index (χ2v) is 10.4. The van der Waals surface area contributed by atoms with E-state index in [4.69, 9.17) is 19.2 Å². The van der Waals surface area contributed by atoms with E-state index in [2.05, 4.69) is 37.0 Å². The van der Waals surface area contributed by atoms with E-state index in [1.54, 1.807) is 23.1 Å². The Labute approximate surface area is 231 Å². The smallest absolute Gasteiger partial charge is 0.282 e. The lowest BCUT2D eigenvalue weighted by Gasteiger charge is -2.27. The number of methoxy groups -OCH3 is 1. The van der Waals surface area contributed by atoms with Crippen LogP contribution in [0.3, 0.4) is 0 Å². The van der Waals surface area contributed by atoms with E-state index in [0.717, 1.165) is 15.4 Å². The third-order valence-corrected chi connectivity index (χ3v) is 7.12. The summed E-state index contributed by atoms with van der Waals surface area (Å²) < 4.78 is 19.6. The third kappa shape index (κ3) is 6.22. The van der Waals surface area contributed by atoms with Crippen molar-refractivity contribution in [1.29, 1.82) is 0 Å². The lowest BCUT2D eigenvalue weighted by Crippen LogP contribution is -2.43. The van der Waals surface area contributed by atoms with E-state index in [0.29, 0.717) is 60.1 Å². The van der Waals surface area contributed by atoms with Crippen LogP contribution in [0.1, 0.15) is 37.6 Å². The number of hydrogen-bond acceptors (Lipinski definition) is 7. The average molecular weight is 636 g/mol. The first-order valence-corrected chi connectivity index (χ1v) is 13.5. The SMILES string of the molecule is CC[C@@H](C)c1nc2ccc(Br)cc2c(=O)n1N=Cc1cc(Br)cc(OC)c1OCC(=O)N1CCOCC1. The second-order valence-electron chi connectivity index (χ2n) is 8.61. The minimum absolute atomic E-state index is 0.00296. The predicted molar refractivity (Wildman–Crippen MR) is 149 cm³/mol. The van der Waals surface area contributed by atoms with Crippen molar-refractivity contribution in [3.05, 3.63) is 61.0 Å². The van der Waals surface area contributed by atoms with Gasteiger partial charge in [0.15, 0.2) is 18.1 Å². The van der Waals surface area contributed by atoms with Crippen molar-refractivity contribution >= 4 is 54.9 Å². The Bertz CT molecular complexity index is 1390. The van der Waals surface area contributed by atoms with Gasteiger partial charge in [0.1, 0.15) is 5.82 Å². The molecule has 0 N–H and O–H groups in total. The van der Waals surface area contributed by atoms with Crippen LogP contribution in [-0.2, 0) is 9.53 Å².